The Morgan fingerprint density at radius 2 is 2.04 bits per heavy atom. The Bertz CT molecular complexity index is 600. The molecule has 7 heteroatoms. The lowest BCUT2D eigenvalue weighted by molar-refractivity contribution is 0.00295. The summed E-state index contributed by atoms with van der Waals surface area (Å²) in [4.78, 5) is 36.2. The van der Waals surface area contributed by atoms with Gasteiger partial charge in [-0.25, -0.2) is 9.78 Å². The van der Waals surface area contributed by atoms with Crippen LogP contribution < -0.4 is 0 Å². The van der Waals surface area contributed by atoms with E-state index >= 15 is 0 Å². The van der Waals surface area contributed by atoms with Crippen LogP contribution in [0.3, 0.4) is 0 Å². The number of amides is 2. The molecule has 0 radical (unpaired) electrons. The smallest absolute Gasteiger partial charge is 0.410 e. The lowest BCUT2D eigenvalue weighted by Gasteiger charge is -2.37. The number of ether oxygens (including phenoxy) is 1. The van der Waals surface area contributed by atoms with Crippen molar-refractivity contribution in [2.75, 3.05) is 26.2 Å². The first-order chi connectivity index (χ1) is 12.1. The molecule has 2 aliphatic rings. The van der Waals surface area contributed by atoms with Gasteiger partial charge in [0.05, 0.1) is 12.7 Å². The third kappa shape index (κ3) is 4.08. The molecular weight excluding hydrogens is 320 g/mol. The summed E-state index contributed by atoms with van der Waals surface area (Å²) in [5.74, 6) is -0.108. The molecule has 136 valence electrons. The van der Waals surface area contributed by atoms with Gasteiger partial charge in [-0.2, -0.15) is 0 Å². The van der Waals surface area contributed by atoms with Crippen LogP contribution in [0.2, 0.25) is 0 Å². The molecule has 0 atom stereocenters. The number of carbonyl (C=O) groups excluding carboxylic acids is 2. The van der Waals surface area contributed by atoms with Gasteiger partial charge in [-0.05, 0) is 6.42 Å². The van der Waals surface area contributed by atoms with Gasteiger partial charge < -0.3 is 14.5 Å². The summed E-state index contributed by atoms with van der Waals surface area (Å²) >= 11 is 0. The van der Waals surface area contributed by atoms with Gasteiger partial charge in [0.25, 0.3) is 5.91 Å². The molecule has 0 N–H and O–H groups in total. The van der Waals surface area contributed by atoms with Gasteiger partial charge in [0.15, 0.2) is 0 Å². The molecule has 25 heavy (non-hydrogen) atoms. The van der Waals surface area contributed by atoms with Crippen LogP contribution in [0, 0.1) is 0 Å². The second-order valence-corrected chi connectivity index (χ2v) is 6.92. The van der Waals surface area contributed by atoms with E-state index in [2.05, 4.69) is 16.9 Å². The predicted molar refractivity (Wildman–Crippen MR) is 92.1 cm³/mol. The Morgan fingerprint density at radius 3 is 2.72 bits per heavy atom. The van der Waals surface area contributed by atoms with Gasteiger partial charge in [-0.3, -0.25) is 9.78 Å². The van der Waals surface area contributed by atoms with E-state index in [1.807, 2.05) is 4.90 Å². The maximum Gasteiger partial charge on any atom is 0.410 e. The summed E-state index contributed by atoms with van der Waals surface area (Å²) in [7, 11) is 0. The van der Waals surface area contributed by atoms with Gasteiger partial charge in [0.2, 0.25) is 0 Å². The van der Waals surface area contributed by atoms with Crippen LogP contribution in [0.1, 0.15) is 55.9 Å². The largest absolute Gasteiger partial charge is 0.441 e. The van der Waals surface area contributed by atoms with Gasteiger partial charge in [0, 0.05) is 44.9 Å². The molecule has 3 rings (SSSR count). The third-order valence-electron chi connectivity index (χ3n) is 5.07. The summed E-state index contributed by atoms with van der Waals surface area (Å²) in [5, 5.41) is 0. The summed E-state index contributed by atoms with van der Waals surface area (Å²) < 4.78 is 5.71. The fourth-order valence-corrected chi connectivity index (χ4v) is 3.54. The highest BCUT2D eigenvalue weighted by Crippen LogP contribution is 2.33. The molecule has 2 amide bonds. The van der Waals surface area contributed by atoms with E-state index in [4.69, 9.17) is 4.74 Å². The van der Waals surface area contributed by atoms with E-state index in [0.717, 1.165) is 19.4 Å². The number of nitrogens with zero attached hydrogens (tertiary/aromatic N) is 4. The summed E-state index contributed by atoms with van der Waals surface area (Å²) in [6.45, 7) is 4.74. The number of unbranched alkanes of at least 4 members (excludes halogenated alkanes) is 3. The first kappa shape index (κ1) is 17.6. The molecule has 0 bridgehead atoms. The van der Waals surface area contributed by atoms with Gasteiger partial charge in [-0.15, -0.1) is 0 Å². The quantitative estimate of drug-likeness (QED) is 0.740. The molecule has 1 aromatic rings. The van der Waals surface area contributed by atoms with Crippen LogP contribution in [0.25, 0.3) is 0 Å². The first-order valence-corrected chi connectivity index (χ1v) is 9.17. The Kier molecular flexibility index (Phi) is 5.50. The zero-order valence-corrected chi connectivity index (χ0v) is 14.8. The fourth-order valence-electron chi connectivity index (χ4n) is 3.54. The van der Waals surface area contributed by atoms with Crippen LogP contribution in [0.15, 0.2) is 18.6 Å². The fraction of sp³-hybridized carbons (Fsp3) is 0.667. The van der Waals surface area contributed by atoms with Crippen LogP contribution in [0.5, 0.6) is 0 Å². The minimum atomic E-state index is -0.430. The number of hydrogen-bond acceptors (Lipinski definition) is 5. The zero-order chi connectivity index (χ0) is 17.7. The molecular formula is C18H26N4O3. The van der Waals surface area contributed by atoms with Crippen LogP contribution >= 0.6 is 0 Å². The van der Waals surface area contributed by atoms with E-state index in [1.54, 1.807) is 11.1 Å². The second-order valence-electron chi connectivity index (χ2n) is 6.92. The van der Waals surface area contributed by atoms with E-state index in [9.17, 15) is 9.59 Å². The van der Waals surface area contributed by atoms with Crippen LogP contribution in [-0.2, 0) is 4.74 Å². The standard InChI is InChI=1S/C18H26N4O3/c1-2-3-4-5-10-22-14-18(25-17(22)24)6-11-21(12-7-18)16(23)15-13-19-8-9-20-15/h8-9,13H,2-7,10-12,14H2,1H3. The van der Waals surface area contributed by atoms with Crippen molar-refractivity contribution in [2.24, 2.45) is 0 Å². The lowest BCUT2D eigenvalue weighted by Crippen LogP contribution is -2.49. The number of aromatic nitrogens is 2. The number of likely N-dealkylation sites (tertiary alicyclic amines) is 1. The van der Waals surface area contributed by atoms with Crippen LogP contribution in [0.4, 0.5) is 4.79 Å². The van der Waals surface area contributed by atoms with Crippen molar-refractivity contribution in [2.45, 2.75) is 51.0 Å². The van der Waals surface area contributed by atoms with Crippen molar-refractivity contribution in [3.8, 4) is 0 Å². The van der Waals surface area contributed by atoms with Crippen molar-refractivity contribution in [1.29, 1.82) is 0 Å². The highest BCUT2D eigenvalue weighted by Gasteiger charge is 2.47. The Balaban J connectivity index is 1.51. The second kappa shape index (κ2) is 7.80. The molecule has 0 aliphatic carbocycles. The predicted octanol–water partition coefficient (Wildman–Crippen LogP) is 2.48. The molecule has 2 aliphatic heterocycles. The molecule has 2 saturated heterocycles. The number of piperidine rings is 1. The Hall–Kier alpha value is -2.18. The highest BCUT2D eigenvalue weighted by molar-refractivity contribution is 5.92. The molecule has 2 fully saturated rings. The Morgan fingerprint density at radius 1 is 1.24 bits per heavy atom. The zero-order valence-electron chi connectivity index (χ0n) is 14.8. The van der Waals surface area contributed by atoms with Crippen molar-refractivity contribution in [3.05, 3.63) is 24.3 Å². The number of rotatable bonds is 6. The average molecular weight is 346 g/mol. The van der Waals surface area contributed by atoms with Crippen molar-refractivity contribution < 1.29 is 14.3 Å². The molecule has 0 unspecified atom stereocenters. The minimum Gasteiger partial charge on any atom is -0.441 e. The van der Waals surface area contributed by atoms with E-state index in [1.165, 1.54) is 25.2 Å². The molecule has 0 saturated carbocycles. The van der Waals surface area contributed by atoms with E-state index in [0.29, 0.717) is 38.2 Å². The number of hydrogen-bond donors (Lipinski definition) is 0. The minimum absolute atomic E-state index is 0.108. The van der Waals surface area contributed by atoms with Crippen LogP contribution in [-0.4, -0.2) is 63.5 Å². The molecule has 3 heterocycles. The topological polar surface area (TPSA) is 75.6 Å². The molecule has 0 aromatic carbocycles. The third-order valence-corrected chi connectivity index (χ3v) is 5.07. The monoisotopic (exact) mass is 346 g/mol. The molecule has 1 aromatic heterocycles. The van der Waals surface area contributed by atoms with E-state index < -0.39 is 5.60 Å². The number of carbonyl (C=O) groups is 2. The summed E-state index contributed by atoms with van der Waals surface area (Å²) in [6.07, 6.45) is 10.3. The summed E-state index contributed by atoms with van der Waals surface area (Å²) in [5.41, 5.74) is -0.0690. The van der Waals surface area contributed by atoms with Gasteiger partial charge in [-0.1, -0.05) is 26.2 Å². The molecule has 1 spiro atoms. The van der Waals surface area contributed by atoms with Crippen molar-refractivity contribution in [1.82, 2.24) is 19.8 Å². The lowest BCUT2D eigenvalue weighted by atomic mass is 9.91. The van der Waals surface area contributed by atoms with Crippen molar-refractivity contribution in [3.63, 3.8) is 0 Å². The van der Waals surface area contributed by atoms with E-state index in [-0.39, 0.29) is 12.0 Å². The average Bonchev–Trinajstić information content (AvgIpc) is 2.95. The highest BCUT2D eigenvalue weighted by atomic mass is 16.6. The first-order valence-electron chi connectivity index (χ1n) is 9.17. The SMILES string of the molecule is CCCCCCN1CC2(CCN(C(=O)c3cnccn3)CC2)OC1=O. The molecule has 7 nitrogen and oxygen atoms in total. The van der Waals surface area contributed by atoms with Gasteiger partial charge in [0.1, 0.15) is 11.3 Å². The normalized spacial score (nSPS) is 19.3. The Labute approximate surface area is 148 Å². The summed E-state index contributed by atoms with van der Waals surface area (Å²) in [6, 6.07) is 0. The van der Waals surface area contributed by atoms with Crippen molar-refractivity contribution >= 4 is 12.0 Å². The van der Waals surface area contributed by atoms with Gasteiger partial charge >= 0.3 is 6.09 Å². The maximum absolute atomic E-state index is 12.4. The maximum atomic E-state index is 12.4.